The average molecular weight is 567 g/mol. The quantitative estimate of drug-likeness (QED) is 0.198. The van der Waals surface area contributed by atoms with Crippen molar-refractivity contribution in [3.8, 4) is 11.5 Å². The van der Waals surface area contributed by atoms with Crippen LogP contribution in [0.5, 0.6) is 0 Å². The molecule has 3 nitrogen and oxygen atoms in total. The maximum atomic E-state index is 6.22. The third kappa shape index (κ3) is 3.93. The highest BCUT2D eigenvalue weighted by Gasteiger charge is 2.25. The van der Waals surface area contributed by atoms with Crippen molar-refractivity contribution in [2.45, 2.75) is 25.7 Å². The van der Waals surface area contributed by atoms with E-state index in [0.717, 1.165) is 53.4 Å². The first kappa shape index (κ1) is 25.1. The summed E-state index contributed by atoms with van der Waals surface area (Å²) in [5.74, 6) is 0.650. The molecule has 210 valence electrons. The van der Waals surface area contributed by atoms with E-state index in [1.165, 1.54) is 49.8 Å². The van der Waals surface area contributed by atoms with Gasteiger partial charge in [-0.25, -0.2) is 4.98 Å². The van der Waals surface area contributed by atoms with Gasteiger partial charge >= 0.3 is 0 Å². The second kappa shape index (κ2) is 10.1. The van der Waals surface area contributed by atoms with Crippen molar-refractivity contribution in [1.82, 2.24) is 4.98 Å². The molecule has 2 aliphatic rings. The molecule has 9 rings (SSSR count). The second-order valence-electron chi connectivity index (χ2n) is 11.7. The van der Waals surface area contributed by atoms with Crippen molar-refractivity contribution in [2.24, 2.45) is 0 Å². The largest absolute Gasteiger partial charge is 0.436 e. The van der Waals surface area contributed by atoms with E-state index >= 15 is 0 Å². The molecule has 44 heavy (non-hydrogen) atoms. The molecular formula is C41H30N2O. The van der Waals surface area contributed by atoms with Crippen LogP contribution in [0.3, 0.4) is 0 Å². The number of para-hydroxylation sites is 1. The smallest absolute Gasteiger partial charge is 0.227 e. The number of oxazole rings is 1. The number of anilines is 3. The molecule has 1 aromatic heterocycles. The molecule has 0 bridgehead atoms. The fourth-order valence-corrected chi connectivity index (χ4v) is 7.20. The van der Waals surface area contributed by atoms with Crippen LogP contribution < -0.4 is 4.90 Å². The highest BCUT2D eigenvalue weighted by atomic mass is 16.3. The molecule has 0 saturated heterocycles. The first-order valence-corrected chi connectivity index (χ1v) is 15.5. The highest BCUT2D eigenvalue weighted by Crippen LogP contribution is 2.46. The molecule has 2 aliphatic carbocycles. The lowest BCUT2D eigenvalue weighted by molar-refractivity contribution is 0.620. The molecule has 0 spiro atoms. The van der Waals surface area contributed by atoms with Gasteiger partial charge in [0.25, 0.3) is 0 Å². The summed E-state index contributed by atoms with van der Waals surface area (Å²) in [5.41, 5.74) is 12.0. The van der Waals surface area contributed by atoms with E-state index in [1.54, 1.807) is 0 Å². The molecule has 1 heterocycles. The molecule has 0 aliphatic heterocycles. The molecule has 0 atom stereocenters. The minimum atomic E-state index is 0.650. The number of hydrogen-bond acceptors (Lipinski definition) is 3. The first-order valence-electron chi connectivity index (χ1n) is 15.5. The zero-order valence-electron chi connectivity index (χ0n) is 24.3. The van der Waals surface area contributed by atoms with Crippen LogP contribution in [0.15, 0.2) is 126 Å². The zero-order chi connectivity index (χ0) is 29.0. The van der Waals surface area contributed by atoms with Gasteiger partial charge in [-0.3, -0.25) is 0 Å². The van der Waals surface area contributed by atoms with Crippen molar-refractivity contribution in [2.75, 3.05) is 4.90 Å². The van der Waals surface area contributed by atoms with Gasteiger partial charge in [0.15, 0.2) is 5.58 Å². The standard InChI is InChI=1S/C41H30N2O/c1-3-12-27(13-4-1)41-42-40-36-23-22-35-32(33(36)24-25-39(40)44-41)20-11-21-37(35)43(29-15-5-2-6-16-29)38-26-28-14-7-8-17-30(28)31-18-9-10-19-34(31)38/h1-7,10-16,19-26H,8-9,17-18H2. The Balaban J connectivity index is 1.29. The third-order valence-corrected chi connectivity index (χ3v) is 9.22. The molecule has 0 fully saturated rings. The molecule has 0 amide bonds. The van der Waals surface area contributed by atoms with E-state index in [4.69, 9.17) is 9.40 Å². The van der Waals surface area contributed by atoms with Crippen LogP contribution in [0, 0.1) is 0 Å². The van der Waals surface area contributed by atoms with Crippen molar-refractivity contribution in [1.29, 1.82) is 0 Å². The number of nitrogens with zero attached hydrogens (tertiary/aromatic N) is 2. The summed E-state index contributed by atoms with van der Waals surface area (Å²) >= 11 is 0. The van der Waals surface area contributed by atoms with Crippen molar-refractivity contribution >= 4 is 61.9 Å². The Morgan fingerprint density at radius 2 is 1.32 bits per heavy atom. The molecule has 0 saturated carbocycles. The first-order chi connectivity index (χ1) is 21.8. The van der Waals surface area contributed by atoms with E-state index < -0.39 is 0 Å². The Morgan fingerprint density at radius 3 is 2.18 bits per heavy atom. The minimum Gasteiger partial charge on any atom is -0.436 e. The Bertz CT molecular complexity index is 2280. The molecule has 7 aromatic rings. The normalized spacial score (nSPS) is 13.8. The van der Waals surface area contributed by atoms with Crippen molar-refractivity contribution < 1.29 is 4.42 Å². The summed E-state index contributed by atoms with van der Waals surface area (Å²) in [6.45, 7) is 0. The summed E-state index contributed by atoms with van der Waals surface area (Å²) in [6.07, 6.45) is 13.8. The van der Waals surface area contributed by atoms with Crippen LogP contribution in [0.4, 0.5) is 17.1 Å². The summed E-state index contributed by atoms with van der Waals surface area (Å²) < 4.78 is 6.22. The van der Waals surface area contributed by atoms with Crippen LogP contribution in [0.1, 0.15) is 35.1 Å². The van der Waals surface area contributed by atoms with E-state index in [0.29, 0.717) is 5.89 Å². The summed E-state index contributed by atoms with van der Waals surface area (Å²) in [6, 6.07) is 38.8. The van der Waals surface area contributed by atoms with E-state index in [2.05, 4.69) is 108 Å². The van der Waals surface area contributed by atoms with Gasteiger partial charge in [-0.15, -0.1) is 0 Å². The summed E-state index contributed by atoms with van der Waals surface area (Å²) in [7, 11) is 0. The molecular weight excluding hydrogens is 536 g/mol. The monoisotopic (exact) mass is 566 g/mol. The third-order valence-electron chi connectivity index (χ3n) is 9.22. The second-order valence-corrected chi connectivity index (χ2v) is 11.7. The lowest BCUT2D eigenvalue weighted by Gasteiger charge is -2.32. The number of fused-ring (bicyclic) bond motifs is 8. The topological polar surface area (TPSA) is 29.3 Å². The van der Waals surface area contributed by atoms with Gasteiger partial charge in [-0.1, -0.05) is 85.0 Å². The molecule has 0 N–H and O–H groups in total. The molecule has 6 aromatic carbocycles. The molecule has 0 radical (unpaired) electrons. The van der Waals surface area contributed by atoms with Crippen molar-refractivity contribution in [3.63, 3.8) is 0 Å². The van der Waals surface area contributed by atoms with Crippen LogP contribution in [0.2, 0.25) is 0 Å². The van der Waals surface area contributed by atoms with E-state index in [-0.39, 0.29) is 0 Å². The lowest BCUT2D eigenvalue weighted by Crippen LogP contribution is -2.16. The predicted octanol–water partition coefficient (Wildman–Crippen LogP) is 11.2. The minimum absolute atomic E-state index is 0.650. The van der Waals surface area contributed by atoms with E-state index in [1.807, 2.05) is 30.3 Å². The maximum absolute atomic E-state index is 6.22. The van der Waals surface area contributed by atoms with Gasteiger partial charge in [0.1, 0.15) is 5.52 Å². The van der Waals surface area contributed by atoms with E-state index in [9.17, 15) is 0 Å². The molecule has 3 heteroatoms. The number of benzene rings is 6. The van der Waals surface area contributed by atoms with Crippen LogP contribution in [-0.2, 0) is 12.8 Å². The fourth-order valence-electron chi connectivity index (χ4n) is 7.20. The van der Waals surface area contributed by atoms with Crippen molar-refractivity contribution in [3.05, 3.63) is 144 Å². The number of hydrogen-bond donors (Lipinski definition) is 0. The Morgan fingerprint density at radius 1 is 0.591 bits per heavy atom. The van der Waals surface area contributed by atoms with Gasteiger partial charge in [0, 0.05) is 27.6 Å². The summed E-state index contributed by atoms with van der Waals surface area (Å²) in [4.78, 5) is 7.43. The SMILES string of the molecule is C1=Cc2cc(N(c3ccccc3)c3cccc4c3ccc3c4ccc4oc(-c5ccccc5)nc43)c3c(c2CC1)CCC=C3. The van der Waals surface area contributed by atoms with Gasteiger partial charge in [-0.2, -0.15) is 0 Å². The predicted molar refractivity (Wildman–Crippen MR) is 184 cm³/mol. The summed E-state index contributed by atoms with van der Waals surface area (Å²) in [5, 5.41) is 4.68. The van der Waals surface area contributed by atoms with Crippen LogP contribution in [-0.4, -0.2) is 4.98 Å². The average Bonchev–Trinajstić information content (AvgIpc) is 3.54. The number of rotatable bonds is 4. The fraction of sp³-hybridized carbons (Fsp3) is 0.0976. The zero-order valence-corrected chi connectivity index (χ0v) is 24.3. The van der Waals surface area contributed by atoms with Gasteiger partial charge in [0.2, 0.25) is 5.89 Å². The Kier molecular flexibility index (Phi) is 5.77. The van der Waals surface area contributed by atoms with Crippen LogP contribution in [0.25, 0.3) is 56.3 Å². The highest BCUT2D eigenvalue weighted by molar-refractivity contribution is 6.18. The van der Waals surface area contributed by atoms with Gasteiger partial charge in [-0.05, 0) is 102 Å². The molecule has 0 unspecified atom stereocenters. The Hall–Kier alpha value is -5.41. The Labute approximate surface area is 256 Å². The van der Waals surface area contributed by atoms with Crippen LogP contribution >= 0.6 is 0 Å². The van der Waals surface area contributed by atoms with Gasteiger partial charge < -0.3 is 9.32 Å². The number of allylic oxidation sites excluding steroid dienone is 2. The maximum Gasteiger partial charge on any atom is 0.227 e. The number of aromatic nitrogens is 1. The lowest BCUT2D eigenvalue weighted by atomic mass is 9.83. The van der Waals surface area contributed by atoms with Gasteiger partial charge in [0.05, 0.1) is 11.4 Å².